The zero-order chi connectivity index (χ0) is 18.7. The summed E-state index contributed by atoms with van der Waals surface area (Å²) < 4.78 is 0. The summed E-state index contributed by atoms with van der Waals surface area (Å²) in [5, 5.41) is 34.9. The lowest BCUT2D eigenvalue weighted by Crippen LogP contribution is -2.15. The van der Waals surface area contributed by atoms with E-state index in [-0.39, 0.29) is 11.4 Å². The average molecular weight is 346 g/mol. The standard InChI is InChI=1S/C14H10N4O7/c1-8-2-3-9(16(20)21)6-12(8)15-14(19)11-5-4-10(17(22)23)7-13(11)18(24)25/h2-7H,1H3,(H,15,19). The summed E-state index contributed by atoms with van der Waals surface area (Å²) in [4.78, 5) is 42.5. The van der Waals surface area contributed by atoms with Crippen LogP contribution in [0, 0.1) is 37.3 Å². The number of benzene rings is 2. The maximum Gasteiger partial charge on any atom is 0.289 e. The molecule has 0 spiro atoms. The van der Waals surface area contributed by atoms with Crippen molar-refractivity contribution in [1.82, 2.24) is 0 Å². The molecule has 0 saturated heterocycles. The smallest absolute Gasteiger partial charge is 0.289 e. The molecule has 0 unspecified atom stereocenters. The van der Waals surface area contributed by atoms with Crippen LogP contribution in [0.1, 0.15) is 15.9 Å². The van der Waals surface area contributed by atoms with E-state index in [4.69, 9.17) is 0 Å². The number of carbonyl (C=O) groups excluding carboxylic acids is 1. The molecule has 0 saturated carbocycles. The van der Waals surface area contributed by atoms with Gasteiger partial charge in [-0.1, -0.05) is 6.07 Å². The molecule has 0 fully saturated rings. The zero-order valence-corrected chi connectivity index (χ0v) is 12.7. The highest BCUT2D eigenvalue weighted by atomic mass is 16.6. The molecule has 0 aliphatic carbocycles. The fourth-order valence-corrected chi connectivity index (χ4v) is 2.02. The highest BCUT2D eigenvalue weighted by Crippen LogP contribution is 2.27. The Balaban J connectivity index is 2.42. The Kier molecular flexibility index (Phi) is 4.68. The monoisotopic (exact) mass is 346 g/mol. The fraction of sp³-hybridized carbons (Fsp3) is 0.0714. The van der Waals surface area contributed by atoms with Crippen LogP contribution in [0.4, 0.5) is 22.7 Å². The van der Waals surface area contributed by atoms with Gasteiger partial charge in [0.05, 0.1) is 26.5 Å². The van der Waals surface area contributed by atoms with Gasteiger partial charge in [0, 0.05) is 18.2 Å². The summed E-state index contributed by atoms with van der Waals surface area (Å²) in [6, 6.07) is 6.37. The normalized spacial score (nSPS) is 10.1. The number of hydrogen-bond donors (Lipinski definition) is 1. The van der Waals surface area contributed by atoms with Gasteiger partial charge in [0.1, 0.15) is 5.56 Å². The van der Waals surface area contributed by atoms with E-state index < -0.39 is 37.6 Å². The first-order valence-electron chi connectivity index (χ1n) is 6.70. The first-order chi connectivity index (χ1) is 11.7. The summed E-state index contributed by atoms with van der Waals surface area (Å²) in [7, 11) is 0. The van der Waals surface area contributed by atoms with Crippen LogP contribution in [0.2, 0.25) is 0 Å². The number of amides is 1. The minimum Gasteiger partial charge on any atom is -0.321 e. The van der Waals surface area contributed by atoms with Crippen molar-refractivity contribution >= 4 is 28.7 Å². The molecule has 0 aliphatic heterocycles. The van der Waals surface area contributed by atoms with Gasteiger partial charge in [-0.2, -0.15) is 0 Å². The number of rotatable bonds is 5. The lowest BCUT2D eigenvalue weighted by molar-refractivity contribution is -0.394. The van der Waals surface area contributed by atoms with E-state index in [9.17, 15) is 35.1 Å². The van der Waals surface area contributed by atoms with Crippen LogP contribution < -0.4 is 5.32 Å². The summed E-state index contributed by atoms with van der Waals surface area (Å²) in [6.45, 7) is 1.59. The molecule has 2 rings (SSSR count). The lowest BCUT2D eigenvalue weighted by Gasteiger charge is -2.08. The molecule has 2 aromatic carbocycles. The van der Waals surface area contributed by atoms with Crippen molar-refractivity contribution in [3.63, 3.8) is 0 Å². The highest BCUT2D eigenvalue weighted by Gasteiger charge is 2.24. The molecule has 0 heterocycles. The van der Waals surface area contributed by atoms with E-state index in [2.05, 4.69) is 5.32 Å². The molecule has 11 heteroatoms. The second-order valence-corrected chi connectivity index (χ2v) is 4.93. The highest BCUT2D eigenvalue weighted by molar-refractivity contribution is 6.07. The quantitative estimate of drug-likeness (QED) is 0.643. The number of nitrogens with zero attached hydrogens (tertiary/aromatic N) is 3. The molecule has 1 N–H and O–H groups in total. The molecular weight excluding hydrogens is 336 g/mol. The van der Waals surface area contributed by atoms with Gasteiger partial charge in [-0.3, -0.25) is 35.1 Å². The van der Waals surface area contributed by atoms with Gasteiger partial charge in [-0.05, 0) is 18.6 Å². The first-order valence-corrected chi connectivity index (χ1v) is 6.70. The zero-order valence-electron chi connectivity index (χ0n) is 12.7. The van der Waals surface area contributed by atoms with E-state index in [0.717, 1.165) is 18.2 Å². The second-order valence-electron chi connectivity index (χ2n) is 4.93. The van der Waals surface area contributed by atoms with Crippen LogP contribution in [-0.2, 0) is 0 Å². The summed E-state index contributed by atoms with van der Waals surface area (Å²) >= 11 is 0. The largest absolute Gasteiger partial charge is 0.321 e. The van der Waals surface area contributed by atoms with Crippen molar-refractivity contribution in [2.24, 2.45) is 0 Å². The van der Waals surface area contributed by atoms with Crippen molar-refractivity contribution in [1.29, 1.82) is 0 Å². The Morgan fingerprint density at radius 1 is 0.880 bits per heavy atom. The predicted octanol–water partition coefficient (Wildman–Crippen LogP) is 2.97. The molecule has 0 aromatic heterocycles. The number of hydrogen-bond acceptors (Lipinski definition) is 7. The molecule has 0 radical (unpaired) electrons. The van der Waals surface area contributed by atoms with Gasteiger partial charge in [0.25, 0.3) is 23.0 Å². The number of nitro groups is 3. The van der Waals surface area contributed by atoms with Gasteiger partial charge in [-0.15, -0.1) is 0 Å². The third-order valence-corrected chi connectivity index (χ3v) is 3.31. The van der Waals surface area contributed by atoms with Crippen LogP contribution in [0.5, 0.6) is 0 Å². The predicted molar refractivity (Wildman–Crippen MR) is 85.5 cm³/mol. The van der Waals surface area contributed by atoms with Gasteiger partial charge >= 0.3 is 0 Å². The van der Waals surface area contributed by atoms with Crippen molar-refractivity contribution in [3.8, 4) is 0 Å². The molecule has 128 valence electrons. The molecular formula is C14H10N4O7. The Morgan fingerprint density at radius 3 is 2.00 bits per heavy atom. The number of carbonyl (C=O) groups is 1. The van der Waals surface area contributed by atoms with Crippen molar-refractivity contribution in [3.05, 3.63) is 77.9 Å². The summed E-state index contributed by atoms with van der Waals surface area (Å²) in [6.07, 6.45) is 0. The second kappa shape index (κ2) is 6.70. The number of nitrogens with one attached hydrogen (secondary N) is 1. The van der Waals surface area contributed by atoms with Gasteiger partial charge < -0.3 is 5.32 Å². The van der Waals surface area contributed by atoms with Crippen molar-refractivity contribution < 1.29 is 19.6 Å². The first kappa shape index (κ1) is 17.5. The molecule has 11 nitrogen and oxygen atoms in total. The third kappa shape index (κ3) is 3.72. The molecule has 0 aliphatic rings. The number of aryl methyl sites for hydroxylation is 1. The van der Waals surface area contributed by atoms with Crippen LogP contribution in [0.25, 0.3) is 0 Å². The molecule has 25 heavy (non-hydrogen) atoms. The Morgan fingerprint density at radius 2 is 1.44 bits per heavy atom. The van der Waals surface area contributed by atoms with Gasteiger partial charge in [-0.25, -0.2) is 0 Å². The molecule has 2 aromatic rings. The van der Waals surface area contributed by atoms with Crippen LogP contribution in [0.3, 0.4) is 0 Å². The molecule has 0 bridgehead atoms. The fourth-order valence-electron chi connectivity index (χ4n) is 2.02. The van der Waals surface area contributed by atoms with Crippen LogP contribution in [0.15, 0.2) is 36.4 Å². The maximum absolute atomic E-state index is 12.3. The van der Waals surface area contributed by atoms with E-state index in [0.29, 0.717) is 11.6 Å². The minimum atomic E-state index is -0.914. The third-order valence-electron chi connectivity index (χ3n) is 3.31. The van der Waals surface area contributed by atoms with E-state index in [1.165, 1.54) is 12.1 Å². The molecule has 0 atom stereocenters. The topological polar surface area (TPSA) is 159 Å². The van der Waals surface area contributed by atoms with E-state index in [1.807, 2.05) is 0 Å². The van der Waals surface area contributed by atoms with Crippen LogP contribution in [-0.4, -0.2) is 20.7 Å². The van der Waals surface area contributed by atoms with E-state index >= 15 is 0 Å². The van der Waals surface area contributed by atoms with Crippen LogP contribution >= 0.6 is 0 Å². The Hall–Kier alpha value is -3.89. The number of anilines is 1. The number of nitro benzene ring substituents is 3. The van der Waals surface area contributed by atoms with Gasteiger partial charge in [0.15, 0.2) is 0 Å². The molecule has 1 amide bonds. The Labute approximate surface area is 139 Å². The van der Waals surface area contributed by atoms with Crippen molar-refractivity contribution in [2.45, 2.75) is 6.92 Å². The SMILES string of the molecule is Cc1ccc([N+](=O)[O-])cc1NC(=O)c1ccc([N+](=O)[O-])cc1[N+](=O)[O-]. The van der Waals surface area contributed by atoms with E-state index in [1.54, 1.807) is 6.92 Å². The Bertz CT molecular complexity index is 910. The van der Waals surface area contributed by atoms with Crippen molar-refractivity contribution in [2.75, 3.05) is 5.32 Å². The van der Waals surface area contributed by atoms with Gasteiger partial charge in [0.2, 0.25) is 0 Å². The lowest BCUT2D eigenvalue weighted by atomic mass is 10.1. The summed E-state index contributed by atoms with van der Waals surface area (Å²) in [5.41, 5.74) is -1.33. The number of non-ortho nitro benzene ring substituents is 2. The minimum absolute atomic E-state index is 0.104. The average Bonchev–Trinajstić information content (AvgIpc) is 2.55. The maximum atomic E-state index is 12.3. The summed E-state index contributed by atoms with van der Waals surface area (Å²) in [5.74, 6) is -0.912.